The normalized spacial score (nSPS) is 11.0. The number of esters is 1. The van der Waals surface area contributed by atoms with Crippen LogP contribution in [0.2, 0.25) is 0 Å². The van der Waals surface area contributed by atoms with Crippen LogP contribution in [0.15, 0.2) is 53.5 Å². The van der Waals surface area contributed by atoms with Gasteiger partial charge in [-0.1, -0.05) is 96.8 Å². The highest BCUT2D eigenvalue weighted by Gasteiger charge is 2.05. The van der Waals surface area contributed by atoms with Crippen LogP contribution >= 0.6 is 0 Å². The zero-order chi connectivity index (χ0) is 25.7. The van der Waals surface area contributed by atoms with Crippen LogP contribution in [-0.2, 0) is 4.79 Å². The summed E-state index contributed by atoms with van der Waals surface area (Å²) in [7, 11) is 0. The number of benzene rings is 2. The molecule has 0 spiro atoms. The number of unbranched alkanes of at least 4 members (excludes halogenated alkanes) is 14. The van der Waals surface area contributed by atoms with E-state index in [1.807, 2.05) is 24.3 Å². The number of hydrogen-bond acceptors (Lipinski definition) is 4. The Morgan fingerprint density at radius 3 is 1.75 bits per heavy atom. The van der Waals surface area contributed by atoms with Crippen molar-refractivity contribution >= 4 is 17.9 Å². The van der Waals surface area contributed by atoms with Gasteiger partial charge >= 0.3 is 5.97 Å². The highest BCUT2D eigenvalue weighted by molar-refractivity contribution is 5.82. The first-order valence-corrected chi connectivity index (χ1v) is 14.1. The quantitative estimate of drug-likeness (QED) is 0.0856. The third-order valence-electron chi connectivity index (χ3n) is 6.46. The standard InChI is InChI=1S/C32H44N2O2/c1-2-3-4-5-6-7-8-9-10-11-12-13-14-15-16-17-32(35)36-31-24-20-29(21-25-31)27-34-30-22-18-28(26-33)19-23-30/h18-25,27H,2-17H2,1H3. The first-order chi connectivity index (χ1) is 17.7. The minimum absolute atomic E-state index is 0.163. The Balaban J connectivity index is 1.46. The topological polar surface area (TPSA) is 62.4 Å². The Labute approximate surface area is 218 Å². The van der Waals surface area contributed by atoms with Crippen molar-refractivity contribution in [3.05, 3.63) is 59.7 Å². The first-order valence-electron chi connectivity index (χ1n) is 14.1. The van der Waals surface area contributed by atoms with E-state index in [9.17, 15) is 4.79 Å². The third kappa shape index (κ3) is 13.8. The summed E-state index contributed by atoms with van der Waals surface area (Å²) >= 11 is 0. The highest BCUT2D eigenvalue weighted by atomic mass is 16.5. The minimum Gasteiger partial charge on any atom is -0.427 e. The lowest BCUT2D eigenvalue weighted by Crippen LogP contribution is -2.07. The van der Waals surface area contributed by atoms with Crippen molar-refractivity contribution in [2.24, 2.45) is 4.99 Å². The second kappa shape index (κ2) is 19.3. The van der Waals surface area contributed by atoms with Gasteiger partial charge in [0.15, 0.2) is 0 Å². The molecule has 2 aromatic carbocycles. The molecule has 4 nitrogen and oxygen atoms in total. The Morgan fingerprint density at radius 2 is 1.25 bits per heavy atom. The fourth-order valence-electron chi connectivity index (χ4n) is 4.22. The smallest absolute Gasteiger partial charge is 0.311 e. The number of ether oxygens (including phenoxy) is 1. The van der Waals surface area contributed by atoms with E-state index in [1.54, 1.807) is 30.5 Å². The average molecular weight is 489 g/mol. The van der Waals surface area contributed by atoms with Gasteiger partial charge in [-0.25, -0.2) is 0 Å². The summed E-state index contributed by atoms with van der Waals surface area (Å²) in [5.41, 5.74) is 2.32. The van der Waals surface area contributed by atoms with Gasteiger partial charge in [-0.15, -0.1) is 0 Å². The number of nitrogens with zero attached hydrogens (tertiary/aromatic N) is 2. The predicted octanol–water partition coefficient (Wildman–Crippen LogP) is 9.48. The number of carbonyl (C=O) groups is 1. The van der Waals surface area contributed by atoms with Gasteiger partial charge in [0.1, 0.15) is 5.75 Å². The summed E-state index contributed by atoms with van der Waals surface area (Å²) < 4.78 is 5.46. The third-order valence-corrected chi connectivity index (χ3v) is 6.46. The largest absolute Gasteiger partial charge is 0.427 e. The summed E-state index contributed by atoms with van der Waals surface area (Å²) in [5.74, 6) is 0.403. The lowest BCUT2D eigenvalue weighted by Gasteiger charge is -2.05. The molecule has 0 saturated carbocycles. The van der Waals surface area contributed by atoms with Crippen molar-refractivity contribution < 1.29 is 9.53 Å². The summed E-state index contributed by atoms with van der Waals surface area (Å²) in [6.45, 7) is 2.27. The van der Waals surface area contributed by atoms with E-state index >= 15 is 0 Å². The molecule has 0 aliphatic carbocycles. The number of nitriles is 1. The molecule has 0 amide bonds. The number of carbonyl (C=O) groups excluding carboxylic acids is 1. The highest BCUT2D eigenvalue weighted by Crippen LogP contribution is 2.17. The van der Waals surface area contributed by atoms with E-state index in [-0.39, 0.29) is 5.97 Å². The van der Waals surface area contributed by atoms with Crippen LogP contribution in [0.5, 0.6) is 5.75 Å². The molecule has 194 valence electrons. The zero-order valence-corrected chi connectivity index (χ0v) is 22.2. The molecule has 0 bridgehead atoms. The van der Waals surface area contributed by atoms with Gasteiger partial charge in [-0.3, -0.25) is 9.79 Å². The molecular weight excluding hydrogens is 444 g/mol. The zero-order valence-electron chi connectivity index (χ0n) is 22.2. The van der Waals surface area contributed by atoms with Crippen molar-refractivity contribution in [1.29, 1.82) is 5.26 Å². The van der Waals surface area contributed by atoms with E-state index in [1.165, 1.54) is 83.5 Å². The van der Waals surface area contributed by atoms with Gasteiger partial charge in [0.05, 0.1) is 17.3 Å². The molecule has 0 aliphatic rings. The van der Waals surface area contributed by atoms with Crippen molar-refractivity contribution in [3.63, 3.8) is 0 Å². The van der Waals surface area contributed by atoms with E-state index in [0.717, 1.165) is 24.1 Å². The Kier molecular flexibility index (Phi) is 15.7. The second-order valence-corrected chi connectivity index (χ2v) is 9.66. The minimum atomic E-state index is -0.163. The van der Waals surface area contributed by atoms with E-state index < -0.39 is 0 Å². The molecule has 0 atom stereocenters. The van der Waals surface area contributed by atoms with E-state index in [0.29, 0.717) is 17.7 Å². The number of rotatable bonds is 19. The maximum absolute atomic E-state index is 12.1. The Bertz CT molecular complexity index is 911. The Morgan fingerprint density at radius 1 is 0.750 bits per heavy atom. The lowest BCUT2D eigenvalue weighted by molar-refractivity contribution is -0.134. The molecule has 0 fully saturated rings. The fourth-order valence-corrected chi connectivity index (χ4v) is 4.22. The van der Waals surface area contributed by atoms with Crippen LogP contribution in [0.3, 0.4) is 0 Å². The van der Waals surface area contributed by atoms with Crippen LogP contribution in [-0.4, -0.2) is 12.2 Å². The van der Waals surface area contributed by atoms with Crippen molar-refractivity contribution in [2.75, 3.05) is 0 Å². The monoisotopic (exact) mass is 488 g/mol. The molecule has 4 heteroatoms. The lowest BCUT2D eigenvalue weighted by atomic mass is 10.0. The first kappa shape index (κ1) is 29.3. The van der Waals surface area contributed by atoms with Gasteiger partial charge in [-0.05, 0) is 60.5 Å². The van der Waals surface area contributed by atoms with E-state index in [4.69, 9.17) is 10.00 Å². The van der Waals surface area contributed by atoms with Crippen molar-refractivity contribution in [3.8, 4) is 11.8 Å². The fraction of sp³-hybridized carbons (Fsp3) is 0.531. The molecule has 36 heavy (non-hydrogen) atoms. The molecule has 0 saturated heterocycles. The maximum Gasteiger partial charge on any atom is 0.311 e. The number of hydrogen-bond donors (Lipinski definition) is 0. The van der Waals surface area contributed by atoms with Gasteiger partial charge in [-0.2, -0.15) is 5.26 Å². The molecule has 2 rings (SSSR count). The molecule has 0 aliphatic heterocycles. The van der Waals surface area contributed by atoms with E-state index in [2.05, 4.69) is 18.0 Å². The molecule has 0 aromatic heterocycles. The predicted molar refractivity (Wildman–Crippen MR) is 150 cm³/mol. The van der Waals surface area contributed by atoms with Crippen LogP contribution in [0.4, 0.5) is 5.69 Å². The van der Waals surface area contributed by atoms with Crippen LogP contribution in [0, 0.1) is 11.3 Å². The molecule has 2 aromatic rings. The SMILES string of the molecule is CCCCCCCCCCCCCCCCCC(=O)Oc1ccc(C=Nc2ccc(C#N)cc2)cc1. The average Bonchev–Trinajstić information content (AvgIpc) is 2.90. The van der Waals surface area contributed by atoms with Gasteiger partial charge in [0.2, 0.25) is 0 Å². The molecule has 0 radical (unpaired) electrons. The van der Waals surface area contributed by atoms with Crippen LogP contribution in [0.25, 0.3) is 0 Å². The molecule has 0 heterocycles. The summed E-state index contributed by atoms with van der Waals surface area (Å²) in [5, 5.41) is 8.85. The number of aliphatic imine (C=N–C) groups is 1. The second-order valence-electron chi connectivity index (χ2n) is 9.66. The summed E-state index contributed by atoms with van der Waals surface area (Å²) in [4.78, 5) is 16.5. The van der Waals surface area contributed by atoms with Crippen LogP contribution in [0.1, 0.15) is 121 Å². The van der Waals surface area contributed by atoms with Gasteiger partial charge < -0.3 is 4.74 Å². The van der Waals surface area contributed by atoms with Crippen molar-refractivity contribution in [2.45, 2.75) is 110 Å². The van der Waals surface area contributed by atoms with Gasteiger partial charge in [0.25, 0.3) is 0 Å². The van der Waals surface area contributed by atoms with Crippen molar-refractivity contribution in [1.82, 2.24) is 0 Å². The molecule has 0 unspecified atom stereocenters. The Hall–Kier alpha value is -2.93. The summed E-state index contributed by atoms with van der Waals surface area (Å²) in [6, 6.07) is 16.5. The van der Waals surface area contributed by atoms with Gasteiger partial charge in [0, 0.05) is 12.6 Å². The maximum atomic E-state index is 12.1. The van der Waals surface area contributed by atoms with Crippen LogP contribution < -0.4 is 4.74 Å². The molecule has 0 N–H and O–H groups in total. The summed E-state index contributed by atoms with van der Waals surface area (Å²) in [6.07, 6.45) is 22.0. The molecular formula is C32H44N2O2.